The molecule has 1 aliphatic carbocycles. The van der Waals surface area contributed by atoms with E-state index in [1.807, 2.05) is 30.3 Å². The summed E-state index contributed by atoms with van der Waals surface area (Å²) in [5.41, 5.74) is 2.64. The van der Waals surface area contributed by atoms with Crippen LogP contribution in [0.25, 0.3) is 21.3 Å². The Morgan fingerprint density at radius 1 is 1.07 bits per heavy atom. The molecule has 0 radical (unpaired) electrons. The number of nitriles is 2. The molecule has 2 amide bonds. The minimum atomic E-state index is -0.735. The molecule has 1 saturated carbocycles. The van der Waals surface area contributed by atoms with Crippen LogP contribution in [0.5, 0.6) is 0 Å². The molecule has 0 saturated heterocycles. The number of rotatable bonds is 6. The summed E-state index contributed by atoms with van der Waals surface area (Å²) in [5.74, 6) is -0.655. The number of thiazole rings is 1. The van der Waals surface area contributed by atoms with Crippen LogP contribution in [-0.2, 0) is 16.0 Å². The second kappa shape index (κ2) is 7.94. The molecule has 3 aromatic rings. The van der Waals surface area contributed by atoms with E-state index < -0.39 is 5.54 Å². The summed E-state index contributed by atoms with van der Waals surface area (Å²) in [4.78, 5) is 28.6. The van der Waals surface area contributed by atoms with Crippen molar-refractivity contribution in [3.63, 3.8) is 0 Å². The lowest BCUT2D eigenvalue weighted by molar-refractivity contribution is -0.126. The molecular weight excluding hydrogens is 398 g/mol. The normalized spacial score (nSPS) is 13.8. The van der Waals surface area contributed by atoms with E-state index in [-0.39, 0.29) is 24.8 Å². The molecule has 2 aromatic carbocycles. The third-order valence-corrected chi connectivity index (χ3v) is 5.92. The van der Waals surface area contributed by atoms with E-state index in [1.165, 1.54) is 11.3 Å². The molecule has 4 rings (SSSR count). The molecule has 0 unspecified atom stereocenters. The summed E-state index contributed by atoms with van der Waals surface area (Å²) in [6, 6.07) is 17.4. The molecule has 0 aliphatic heterocycles. The zero-order chi connectivity index (χ0) is 21.1. The van der Waals surface area contributed by atoms with Crippen molar-refractivity contribution in [2.45, 2.75) is 24.8 Å². The van der Waals surface area contributed by atoms with Crippen molar-refractivity contribution in [3.8, 4) is 23.3 Å². The Kier molecular flexibility index (Phi) is 5.18. The maximum atomic E-state index is 12.2. The van der Waals surface area contributed by atoms with Gasteiger partial charge in [0.05, 0.1) is 40.9 Å². The van der Waals surface area contributed by atoms with Gasteiger partial charge in [-0.15, -0.1) is 11.3 Å². The highest BCUT2D eigenvalue weighted by molar-refractivity contribution is 7.18. The van der Waals surface area contributed by atoms with Gasteiger partial charge in [0.2, 0.25) is 11.8 Å². The fraction of sp³-hybridized carbons (Fsp3) is 0.227. The van der Waals surface area contributed by atoms with Gasteiger partial charge in [0, 0.05) is 0 Å². The molecule has 148 valence electrons. The zero-order valence-electron chi connectivity index (χ0n) is 15.9. The highest BCUT2D eigenvalue weighted by Gasteiger charge is 2.44. The molecule has 0 spiro atoms. The molecule has 8 heteroatoms. The van der Waals surface area contributed by atoms with E-state index in [2.05, 4.69) is 27.8 Å². The average molecular weight is 415 g/mol. The van der Waals surface area contributed by atoms with Gasteiger partial charge in [0.1, 0.15) is 10.5 Å². The lowest BCUT2D eigenvalue weighted by Crippen LogP contribution is -2.43. The maximum absolute atomic E-state index is 12.2. The summed E-state index contributed by atoms with van der Waals surface area (Å²) >= 11 is 1.43. The number of nitrogens with one attached hydrogen (secondary N) is 2. The van der Waals surface area contributed by atoms with Crippen LogP contribution >= 0.6 is 11.3 Å². The number of nitrogens with zero attached hydrogens (tertiary/aromatic N) is 3. The third-order valence-electron chi connectivity index (χ3n) is 4.88. The summed E-state index contributed by atoms with van der Waals surface area (Å²) in [7, 11) is 0. The van der Waals surface area contributed by atoms with Gasteiger partial charge in [0.15, 0.2) is 0 Å². The number of aromatic nitrogens is 1. The monoisotopic (exact) mass is 415 g/mol. The highest BCUT2D eigenvalue weighted by Crippen LogP contribution is 2.34. The van der Waals surface area contributed by atoms with Crippen molar-refractivity contribution in [3.05, 3.63) is 53.0 Å². The number of carbonyl (C=O) groups excluding carboxylic acids is 2. The van der Waals surface area contributed by atoms with Gasteiger partial charge in [-0.05, 0) is 48.2 Å². The Morgan fingerprint density at radius 3 is 2.47 bits per heavy atom. The second-order valence-electron chi connectivity index (χ2n) is 7.17. The van der Waals surface area contributed by atoms with Crippen LogP contribution in [0, 0.1) is 22.7 Å². The third kappa shape index (κ3) is 4.29. The largest absolute Gasteiger partial charge is 0.347 e. The van der Waals surface area contributed by atoms with Gasteiger partial charge in [0.25, 0.3) is 0 Å². The molecule has 2 N–H and O–H groups in total. The fourth-order valence-corrected chi connectivity index (χ4v) is 3.99. The van der Waals surface area contributed by atoms with Gasteiger partial charge in [-0.2, -0.15) is 10.5 Å². The lowest BCUT2D eigenvalue weighted by Gasteiger charge is -2.09. The van der Waals surface area contributed by atoms with Crippen LogP contribution in [0.2, 0.25) is 0 Å². The zero-order valence-corrected chi connectivity index (χ0v) is 16.8. The molecule has 1 fully saturated rings. The first kappa shape index (κ1) is 19.6. The van der Waals surface area contributed by atoms with Crippen molar-refractivity contribution in [1.29, 1.82) is 10.5 Å². The van der Waals surface area contributed by atoms with Crippen molar-refractivity contribution in [1.82, 2.24) is 15.6 Å². The fourth-order valence-electron chi connectivity index (χ4n) is 3.05. The molecular formula is C22H17N5O2S. The number of hydrogen-bond donors (Lipinski definition) is 2. The number of carbonyl (C=O) groups is 2. The smallest absolute Gasteiger partial charge is 0.240 e. The average Bonchev–Trinajstić information content (AvgIpc) is 3.42. The van der Waals surface area contributed by atoms with Crippen LogP contribution < -0.4 is 10.6 Å². The highest BCUT2D eigenvalue weighted by atomic mass is 32.1. The molecule has 1 aliphatic rings. The van der Waals surface area contributed by atoms with Crippen LogP contribution in [0.4, 0.5) is 0 Å². The minimum Gasteiger partial charge on any atom is -0.347 e. The van der Waals surface area contributed by atoms with E-state index in [1.54, 1.807) is 12.1 Å². The van der Waals surface area contributed by atoms with Crippen LogP contribution in [0.3, 0.4) is 0 Å². The number of benzene rings is 2. The van der Waals surface area contributed by atoms with Gasteiger partial charge >= 0.3 is 0 Å². The summed E-state index contributed by atoms with van der Waals surface area (Å²) in [5, 5.41) is 23.8. The van der Waals surface area contributed by atoms with Crippen LogP contribution in [-0.4, -0.2) is 28.9 Å². The molecule has 7 nitrogen and oxygen atoms in total. The van der Waals surface area contributed by atoms with Crippen LogP contribution in [0.1, 0.15) is 23.4 Å². The lowest BCUT2D eigenvalue weighted by atomic mass is 10.0. The second-order valence-corrected chi connectivity index (χ2v) is 8.29. The molecule has 0 atom stereocenters. The van der Waals surface area contributed by atoms with E-state index >= 15 is 0 Å². The SMILES string of the molecule is N#Cc1ccc(-c2ccc3sc(CC(=O)NCC(=O)NC4(C#N)CC4)nc3c2)cc1. The van der Waals surface area contributed by atoms with Crippen LogP contribution in [0.15, 0.2) is 42.5 Å². The van der Waals surface area contributed by atoms with Crippen molar-refractivity contribution < 1.29 is 9.59 Å². The Labute approximate surface area is 177 Å². The van der Waals surface area contributed by atoms with E-state index in [9.17, 15) is 9.59 Å². The molecule has 1 aromatic heterocycles. The van der Waals surface area contributed by atoms with Gasteiger partial charge < -0.3 is 10.6 Å². The first-order chi connectivity index (χ1) is 14.5. The summed E-state index contributed by atoms with van der Waals surface area (Å²) < 4.78 is 0.970. The van der Waals surface area contributed by atoms with Gasteiger partial charge in [-0.1, -0.05) is 18.2 Å². The predicted octanol–water partition coefficient (Wildman–Crippen LogP) is 2.67. The van der Waals surface area contributed by atoms with E-state index in [0.29, 0.717) is 23.4 Å². The van der Waals surface area contributed by atoms with Crippen molar-refractivity contribution >= 4 is 33.4 Å². The summed E-state index contributed by atoms with van der Waals surface area (Å²) in [6.07, 6.45) is 1.39. The Bertz CT molecular complexity index is 1210. The Balaban J connectivity index is 1.38. The maximum Gasteiger partial charge on any atom is 0.240 e. The number of amides is 2. The number of hydrogen-bond acceptors (Lipinski definition) is 6. The van der Waals surface area contributed by atoms with Crippen molar-refractivity contribution in [2.24, 2.45) is 0 Å². The number of fused-ring (bicyclic) bond motifs is 1. The predicted molar refractivity (Wildman–Crippen MR) is 112 cm³/mol. The molecule has 0 bridgehead atoms. The Morgan fingerprint density at radius 2 is 1.80 bits per heavy atom. The van der Waals surface area contributed by atoms with E-state index in [4.69, 9.17) is 10.5 Å². The van der Waals surface area contributed by atoms with E-state index in [0.717, 1.165) is 21.3 Å². The molecule has 30 heavy (non-hydrogen) atoms. The quantitative estimate of drug-likeness (QED) is 0.642. The van der Waals surface area contributed by atoms with Crippen molar-refractivity contribution in [2.75, 3.05) is 6.54 Å². The minimum absolute atomic E-state index is 0.0855. The first-order valence-electron chi connectivity index (χ1n) is 9.39. The molecule has 1 heterocycles. The Hall–Kier alpha value is -3.75. The topological polar surface area (TPSA) is 119 Å². The first-order valence-corrected chi connectivity index (χ1v) is 10.2. The standard InChI is InChI=1S/C22H17N5O2S/c23-11-14-1-3-15(4-2-14)16-5-6-18-17(9-16)26-21(30-18)10-19(28)25-12-20(29)27-22(13-24)7-8-22/h1-6,9H,7-8,10,12H2,(H,25,28)(H,27,29). The summed E-state index contributed by atoms with van der Waals surface area (Å²) in [6.45, 7) is -0.157. The van der Waals surface area contributed by atoms with Gasteiger partial charge in [-0.3, -0.25) is 9.59 Å². The van der Waals surface area contributed by atoms with Gasteiger partial charge in [-0.25, -0.2) is 4.98 Å².